The maximum absolute atomic E-state index is 10.9. The van der Waals surface area contributed by atoms with E-state index in [4.69, 9.17) is 16.7 Å². The minimum absolute atomic E-state index is 0.214. The Labute approximate surface area is 117 Å². The fraction of sp³-hybridized carbons (Fsp3) is 0.182. The lowest BCUT2D eigenvalue weighted by atomic mass is 10.3. The van der Waals surface area contributed by atoms with Crippen LogP contribution in [0.4, 0.5) is 0 Å². The predicted octanol–water partition coefficient (Wildman–Crippen LogP) is 2.94. The first kappa shape index (κ1) is 13.0. The number of aromatic carboxylic acids is 1. The predicted molar refractivity (Wildman–Crippen MR) is 70.4 cm³/mol. The van der Waals surface area contributed by atoms with Crippen LogP contribution >= 0.6 is 27.5 Å². The van der Waals surface area contributed by atoms with Crippen LogP contribution in [0, 0.1) is 0 Å². The standard InChI is InChI=1S/C11H9BrClN3O2/c1-2-9-14-10(11(17)18)15-16(9)8-4-3-6(13)5-7(8)12/h3-5H,2H2,1H3,(H,17,18). The molecule has 0 radical (unpaired) electrons. The van der Waals surface area contributed by atoms with Crippen LogP contribution in [0.25, 0.3) is 5.69 Å². The van der Waals surface area contributed by atoms with Gasteiger partial charge in [-0.25, -0.2) is 14.5 Å². The van der Waals surface area contributed by atoms with Crippen molar-refractivity contribution < 1.29 is 9.90 Å². The van der Waals surface area contributed by atoms with E-state index in [1.807, 2.05) is 6.92 Å². The van der Waals surface area contributed by atoms with Crippen LogP contribution < -0.4 is 0 Å². The fourth-order valence-electron chi connectivity index (χ4n) is 1.51. The summed E-state index contributed by atoms with van der Waals surface area (Å²) in [4.78, 5) is 14.8. The minimum atomic E-state index is -1.14. The van der Waals surface area contributed by atoms with Gasteiger partial charge in [0.1, 0.15) is 5.82 Å². The molecule has 5 nitrogen and oxygen atoms in total. The summed E-state index contributed by atoms with van der Waals surface area (Å²) in [5.41, 5.74) is 0.705. The van der Waals surface area contributed by atoms with Gasteiger partial charge in [-0.2, -0.15) is 0 Å². The van der Waals surface area contributed by atoms with Crippen molar-refractivity contribution in [1.29, 1.82) is 0 Å². The monoisotopic (exact) mass is 329 g/mol. The van der Waals surface area contributed by atoms with Crippen LogP contribution in [0.5, 0.6) is 0 Å². The van der Waals surface area contributed by atoms with E-state index in [1.54, 1.807) is 18.2 Å². The molecule has 0 aliphatic carbocycles. The molecule has 2 rings (SSSR count). The Hall–Kier alpha value is -1.40. The van der Waals surface area contributed by atoms with E-state index in [2.05, 4.69) is 26.0 Å². The van der Waals surface area contributed by atoms with Crippen LogP contribution in [-0.2, 0) is 6.42 Å². The van der Waals surface area contributed by atoms with Gasteiger partial charge >= 0.3 is 5.97 Å². The van der Waals surface area contributed by atoms with Gasteiger partial charge in [0, 0.05) is 15.9 Å². The second kappa shape index (κ2) is 5.07. The number of carboxylic acids is 1. The maximum Gasteiger partial charge on any atom is 0.375 e. The van der Waals surface area contributed by atoms with Crippen LogP contribution in [0.1, 0.15) is 23.4 Å². The zero-order chi connectivity index (χ0) is 13.3. The summed E-state index contributed by atoms with van der Waals surface area (Å²) in [6.07, 6.45) is 0.579. The molecule has 0 amide bonds. The lowest BCUT2D eigenvalue weighted by Crippen LogP contribution is -2.04. The first-order valence-corrected chi connectivity index (χ1v) is 6.34. The second-order valence-electron chi connectivity index (χ2n) is 3.52. The summed E-state index contributed by atoms with van der Waals surface area (Å²) in [7, 11) is 0. The SMILES string of the molecule is CCc1nc(C(=O)O)nn1-c1ccc(Cl)cc1Br. The highest BCUT2D eigenvalue weighted by atomic mass is 79.9. The van der Waals surface area contributed by atoms with Crippen molar-refractivity contribution in [3.63, 3.8) is 0 Å². The lowest BCUT2D eigenvalue weighted by Gasteiger charge is -2.06. The third-order valence-electron chi connectivity index (χ3n) is 2.32. The smallest absolute Gasteiger partial charge is 0.375 e. The normalized spacial score (nSPS) is 10.6. The Morgan fingerprint density at radius 3 is 2.83 bits per heavy atom. The molecule has 0 fully saturated rings. The minimum Gasteiger partial charge on any atom is -0.475 e. The van der Waals surface area contributed by atoms with Crippen molar-refractivity contribution in [2.24, 2.45) is 0 Å². The average molecular weight is 331 g/mol. The summed E-state index contributed by atoms with van der Waals surface area (Å²) in [5, 5.41) is 13.5. The fourth-order valence-corrected chi connectivity index (χ4v) is 2.36. The molecule has 1 aromatic carbocycles. The highest BCUT2D eigenvalue weighted by molar-refractivity contribution is 9.10. The van der Waals surface area contributed by atoms with Crippen molar-refractivity contribution in [3.8, 4) is 5.69 Å². The molecule has 0 aliphatic heterocycles. The summed E-state index contributed by atoms with van der Waals surface area (Å²) in [5.74, 6) is -0.780. The van der Waals surface area contributed by atoms with Crippen LogP contribution in [0.15, 0.2) is 22.7 Å². The van der Waals surface area contributed by atoms with Gasteiger partial charge in [0.25, 0.3) is 5.82 Å². The van der Waals surface area contributed by atoms with Crippen LogP contribution in [0.3, 0.4) is 0 Å². The topological polar surface area (TPSA) is 68.0 Å². The number of hydrogen-bond donors (Lipinski definition) is 1. The Balaban J connectivity index is 2.58. The lowest BCUT2D eigenvalue weighted by molar-refractivity contribution is 0.0683. The first-order valence-electron chi connectivity index (χ1n) is 5.17. The van der Waals surface area contributed by atoms with E-state index in [1.165, 1.54) is 4.68 Å². The largest absolute Gasteiger partial charge is 0.475 e. The van der Waals surface area contributed by atoms with E-state index < -0.39 is 5.97 Å². The molecule has 0 spiro atoms. The van der Waals surface area contributed by atoms with Gasteiger partial charge in [0.2, 0.25) is 0 Å². The molecule has 0 aliphatic rings. The van der Waals surface area contributed by atoms with Crippen molar-refractivity contribution >= 4 is 33.5 Å². The molecule has 0 unspecified atom stereocenters. The number of nitrogens with zero attached hydrogens (tertiary/aromatic N) is 3. The highest BCUT2D eigenvalue weighted by Gasteiger charge is 2.16. The number of hydrogen-bond acceptors (Lipinski definition) is 3. The molecule has 2 aromatic rings. The summed E-state index contributed by atoms with van der Waals surface area (Å²) >= 11 is 9.24. The third kappa shape index (κ3) is 2.39. The molecule has 1 aromatic heterocycles. The van der Waals surface area contributed by atoms with Crippen molar-refractivity contribution in [2.45, 2.75) is 13.3 Å². The highest BCUT2D eigenvalue weighted by Crippen LogP contribution is 2.25. The number of carboxylic acid groups (broad SMARTS) is 1. The summed E-state index contributed by atoms with van der Waals surface area (Å²) in [6, 6.07) is 5.19. The van der Waals surface area contributed by atoms with Crippen LogP contribution in [-0.4, -0.2) is 25.8 Å². The molecular weight excluding hydrogens is 321 g/mol. The van der Waals surface area contributed by atoms with Gasteiger partial charge in [-0.1, -0.05) is 18.5 Å². The quantitative estimate of drug-likeness (QED) is 0.939. The average Bonchev–Trinajstić information content (AvgIpc) is 2.73. The van der Waals surface area contributed by atoms with Crippen molar-refractivity contribution in [3.05, 3.63) is 39.3 Å². The molecule has 0 bridgehead atoms. The van der Waals surface area contributed by atoms with Crippen molar-refractivity contribution in [1.82, 2.24) is 14.8 Å². The number of aryl methyl sites for hydroxylation is 1. The van der Waals surface area contributed by atoms with E-state index in [9.17, 15) is 4.79 Å². The Morgan fingerprint density at radius 1 is 1.56 bits per heavy atom. The third-order valence-corrected chi connectivity index (χ3v) is 3.19. The van der Waals surface area contributed by atoms with Gasteiger partial charge in [0.05, 0.1) is 5.69 Å². The summed E-state index contributed by atoms with van der Waals surface area (Å²) in [6.45, 7) is 1.88. The molecular formula is C11H9BrClN3O2. The molecule has 1 N–H and O–H groups in total. The number of aromatic nitrogens is 3. The Kier molecular flexibility index (Phi) is 3.68. The maximum atomic E-state index is 10.9. The van der Waals surface area contributed by atoms with Gasteiger partial charge in [0.15, 0.2) is 0 Å². The molecule has 0 saturated carbocycles. The number of carbonyl (C=O) groups is 1. The molecule has 0 atom stereocenters. The Morgan fingerprint density at radius 2 is 2.28 bits per heavy atom. The number of halogens is 2. The van der Waals surface area contributed by atoms with Gasteiger partial charge in [-0.05, 0) is 34.1 Å². The zero-order valence-electron chi connectivity index (χ0n) is 9.39. The summed E-state index contributed by atoms with van der Waals surface area (Å²) < 4.78 is 2.23. The molecule has 94 valence electrons. The number of benzene rings is 1. The zero-order valence-corrected chi connectivity index (χ0v) is 11.7. The van der Waals surface area contributed by atoms with Gasteiger partial charge in [-0.3, -0.25) is 0 Å². The van der Waals surface area contributed by atoms with E-state index in [0.29, 0.717) is 23.0 Å². The number of rotatable bonds is 3. The first-order chi connectivity index (χ1) is 8.52. The molecule has 18 heavy (non-hydrogen) atoms. The molecule has 7 heteroatoms. The Bertz CT molecular complexity index is 612. The second-order valence-corrected chi connectivity index (χ2v) is 4.81. The van der Waals surface area contributed by atoms with Crippen LogP contribution in [0.2, 0.25) is 5.02 Å². The molecule has 0 saturated heterocycles. The van der Waals surface area contributed by atoms with Crippen molar-refractivity contribution in [2.75, 3.05) is 0 Å². The molecule has 1 heterocycles. The van der Waals surface area contributed by atoms with E-state index in [0.717, 1.165) is 4.47 Å². The van der Waals surface area contributed by atoms with E-state index >= 15 is 0 Å². The van der Waals surface area contributed by atoms with Gasteiger partial charge < -0.3 is 5.11 Å². The van der Waals surface area contributed by atoms with E-state index in [-0.39, 0.29) is 5.82 Å². The van der Waals surface area contributed by atoms with Gasteiger partial charge in [-0.15, -0.1) is 5.10 Å².